The van der Waals surface area contributed by atoms with Crippen LogP contribution in [0.15, 0.2) is 48.8 Å². The summed E-state index contributed by atoms with van der Waals surface area (Å²) in [6.07, 6.45) is 8.82. The summed E-state index contributed by atoms with van der Waals surface area (Å²) in [5.41, 5.74) is 0.885. The van der Waals surface area contributed by atoms with E-state index in [-0.39, 0.29) is 16.5 Å². The number of nitrogens with zero attached hydrogens (tertiary/aromatic N) is 3. The van der Waals surface area contributed by atoms with E-state index in [4.69, 9.17) is 9.47 Å². The molecule has 4 saturated carbocycles. The number of fused-ring (bicyclic) bond motifs is 1. The molecule has 5 unspecified atom stereocenters. The van der Waals surface area contributed by atoms with E-state index in [1.807, 2.05) is 24.3 Å². The molecule has 230 valence electrons. The van der Waals surface area contributed by atoms with Crippen LogP contribution in [-0.2, 0) is 28.5 Å². The maximum Gasteiger partial charge on any atom is 0.342 e. The Balaban J connectivity index is 1.50. The molecule has 0 saturated heterocycles. The van der Waals surface area contributed by atoms with Crippen molar-refractivity contribution >= 4 is 17.7 Å². The molecular formula is C33H36N4O7. The number of hydrogen-bond acceptors (Lipinski definition) is 7. The van der Waals surface area contributed by atoms with Crippen molar-refractivity contribution in [2.24, 2.45) is 11.8 Å². The number of benzene rings is 2. The van der Waals surface area contributed by atoms with Crippen molar-refractivity contribution in [3.8, 4) is 11.5 Å². The smallest absolute Gasteiger partial charge is 0.342 e. The number of nitro groups is 1. The molecule has 11 heteroatoms. The normalized spacial score (nSPS) is 30.0. The third-order valence-electron chi connectivity index (χ3n) is 10.9. The Morgan fingerprint density at radius 1 is 1.02 bits per heavy atom. The maximum absolute atomic E-state index is 13.7. The fourth-order valence-corrected chi connectivity index (χ4v) is 10.1. The van der Waals surface area contributed by atoms with Gasteiger partial charge in [0.15, 0.2) is 0 Å². The minimum atomic E-state index is -1.12. The summed E-state index contributed by atoms with van der Waals surface area (Å²) in [5, 5.41) is 30.6. The Labute approximate surface area is 254 Å². The molecule has 5 aliphatic rings. The first-order chi connectivity index (χ1) is 21.2. The Morgan fingerprint density at radius 3 is 2.39 bits per heavy atom. The van der Waals surface area contributed by atoms with Crippen LogP contribution >= 0.6 is 0 Å². The third kappa shape index (κ3) is 3.97. The number of methoxy groups -OCH3 is 2. The molecule has 0 spiro atoms. The molecular weight excluding hydrogens is 564 g/mol. The second-order valence-corrected chi connectivity index (χ2v) is 13.2. The number of carbonyl (C=O) groups is 2. The van der Waals surface area contributed by atoms with Gasteiger partial charge in [0.05, 0.1) is 30.6 Å². The highest BCUT2D eigenvalue weighted by Gasteiger charge is 2.72. The molecule has 5 atom stereocenters. The lowest BCUT2D eigenvalue weighted by molar-refractivity contribution is -0.385. The number of hydrogen-bond donors (Lipinski definition) is 2. The topological polar surface area (TPSA) is 146 Å². The second kappa shape index (κ2) is 10.1. The van der Waals surface area contributed by atoms with Crippen LogP contribution in [0.1, 0.15) is 67.2 Å². The summed E-state index contributed by atoms with van der Waals surface area (Å²) < 4.78 is 13.0. The Kier molecular flexibility index (Phi) is 6.49. The largest absolute Gasteiger partial charge is 0.496 e. The average Bonchev–Trinajstić information content (AvgIpc) is 3.54. The molecule has 0 radical (unpaired) electrons. The zero-order valence-electron chi connectivity index (χ0n) is 24.9. The van der Waals surface area contributed by atoms with Gasteiger partial charge in [0.25, 0.3) is 5.69 Å². The SMILES string of the molecule is COc1cccc(OC)c1C12CC3CC(NC(=O)n4cccn4)(C1)C(C(=O)O)C(c1ccc([N+](=O)[O-])c4c1CCCC4)(C3)C2. The van der Waals surface area contributed by atoms with Crippen LogP contribution in [0.5, 0.6) is 11.5 Å². The van der Waals surface area contributed by atoms with Crippen LogP contribution in [0.4, 0.5) is 10.5 Å². The van der Waals surface area contributed by atoms with Crippen LogP contribution < -0.4 is 14.8 Å². The van der Waals surface area contributed by atoms with E-state index in [0.29, 0.717) is 50.0 Å². The number of ether oxygens (including phenoxy) is 2. The van der Waals surface area contributed by atoms with Crippen molar-refractivity contribution in [1.29, 1.82) is 0 Å². The van der Waals surface area contributed by atoms with Crippen molar-refractivity contribution < 1.29 is 29.1 Å². The summed E-state index contributed by atoms with van der Waals surface area (Å²) in [5.74, 6) is -0.544. The number of carboxylic acids is 1. The minimum Gasteiger partial charge on any atom is -0.496 e. The number of carbonyl (C=O) groups excluding carboxylic acids is 1. The van der Waals surface area contributed by atoms with E-state index in [0.717, 1.165) is 41.5 Å². The molecule has 8 rings (SSSR count). The average molecular weight is 601 g/mol. The van der Waals surface area contributed by atoms with Crippen molar-refractivity contribution in [2.45, 2.75) is 74.2 Å². The number of aliphatic carboxylic acids is 1. The van der Waals surface area contributed by atoms with Gasteiger partial charge in [0.2, 0.25) is 0 Å². The maximum atomic E-state index is 13.7. The molecule has 2 aromatic carbocycles. The molecule has 1 aromatic heterocycles. The molecule has 44 heavy (non-hydrogen) atoms. The Bertz CT molecular complexity index is 1650. The van der Waals surface area contributed by atoms with E-state index >= 15 is 0 Å². The zero-order chi connectivity index (χ0) is 30.9. The summed E-state index contributed by atoms with van der Waals surface area (Å²) >= 11 is 0. The van der Waals surface area contributed by atoms with Crippen LogP contribution in [0.25, 0.3) is 0 Å². The Morgan fingerprint density at radius 2 is 1.75 bits per heavy atom. The molecule has 11 nitrogen and oxygen atoms in total. The summed E-state index contributed by atoms with van der Waals surface area (Å²) in [6.45, 7) is 0. The summed E-state index contributed by atoms with van der Waals surface area (Å²) in [7, 11) is 3.24. The predicted molar refractivity (Wildman–Crippen MR) is 159 cm³/mol. The molecule has 4 fully saturated rings. The van der Waals surface area contributed by atoms with Crippen molar-refractivity contribution in [3.63, 3.8) is 0 Å². The van der Waals surface area contributed by atoms with Gasteiger partial charge in [-0.25, -0.2) is 4.79 Å². The van der Waals surface area contributed by atoms with Crippen LogP contribution in [0, 0.1) is 22.0 Å². The first-order valence-electron chi connectivity index (χ1n) is 15.2. The highest BCUT2D eigenvalue weighted by molar-refractivity contribution is 5.81. The lowest BCUT2D eigenvalue weighted by Crippen LogP contribution is -2.75. The van der Waals surface area contributed by atoms with Gasteiger partial charge < -0.3 is 19.9 Å². The first-order valence-corrected chi connectivity index (χ1v) is 15.2. The van der Waals surface area contributed by atoms with Crippen molar-refractivity contribution in [2.75, 3.05) is 14.2 Å². The van der Waals surface area contributed by atoms with Crippen LogP contribution in [0.3, 0.4) is 0 Å². The number of nitrogens with one attached hydrogen (secondary N) is 1. The number of amides is 1. The van der Waals surface area contributed by atoms with E-state index in [1.54, 1.807) is 32.5 Å². The minimum absolute atomic E-state index is 0.0788. The van der Waals surface area contributed by atoms with Crippen molar-refractivity contribution in [1.82, 2.24) is 15.1 Å². The third-order valence-corrected chi connectivity index (χ3v) is 10.9. The number of aromatic nitrogens is 2. The van der Waals surface area contributed by atoms with Gasteiger partial charge in [0, 0.05) is 40.4 Å². The summed E-state index contributed by atoms with van der Waals surface area (Å²) in [4.78, 5) is 39.1. The van der Waals surface area contributed by atoms with E-state index < -0.39 is 34.3 Å². The summed E-state index contributed by atoms with van der Waals surface area (Å²) in [6, 6.07) is 10.2. The molecule has 1 amide bonds. The van der Waals surface area contributed by atoms with Gasteiger partial charge in [0.1, 0.15) is 11.5 Å². The lowest BCUT2D eigenvalue weighted by atomic mass is 9.35. The van der Waals surface area contributed by atoms with E-state index in [9.17, 15) is 24.8 Å². The molecule has 1 heterocycles. The van der Waals surface area contributed by atoms with Gasteiger partial charge >= 0.3 is 12.0 Å². The molecule has 0 aliphatic heterocycles. The van der Waals surface area contributed by atoms with E-state index in [1.165, 1.54) is 10.9 Å². The van der Waals surface area contributed by atoms with Crippen LogP contribution in [0.2, 0.25) is 0 Å². The molecule has 2 N–H and O–H groups in total. The highest BCUT2D eigenvalue weighted by Crippen LogP contribution is 2.71. The Hall–Kier alpha value is -4.41. The number of nitro benzene ring substituents is 1. The molecule has 4 bridgehead atoms. The molecule has 3 aromatic rings. The number of rotatable bonds is 7. The number of carboxylic acid groups (broad SMARTS) is 1. The lowest BCUT2D eigenvalue weighted by Gasteiger charge is -2.69. The zero-order valence-corrected chi connectivity index (χ0v) is 24.9. The highest BCUT2D eigenvalue weighted by atomic mass is 16.6. The fraction of sp³-hybridized carbons (Fsp3) is 0.485. The monoisotopic (exact) mass is 600 g/mol. The van der Waals surface area contributed by atoms with Gasteiger partial charge in [-0.2, -0.15) is 9.78 Å². The van der Waals surface area contributed by atoms with Gasteiger partial charge in [-0.3, -0.25) is 14.9 Å². The fourth-order valence-electron chi connectivity index (χ4n) is 10.1. The quantitative estimate of drug-likeness (QED) is 0.279. The van der Waals surface area contributed by atoms with E-state index in [2.05, 4.69) is 10.4 Å². The second-order valence-electron chi connectivity index (χ2n) is 13.2. The van der Waals surface area contributed by atoms with Gasteiger partial charge in [-0.1, -0.05) is 12.1 Å². The standard InChI is InChI=1S/C33H36N4O7/c1-43-25-9-5-10-26(44-2)27(25)31-15-20-16-32(18-31,23-11-12-24(37(41)42)22-8-4-3-7-21(22)23)28(29(38)39)33(17-20,19-31)35-30(40)36-14-6-13-34-36/h5-6,9-14,20,28H,3-4,7-8,15-19H2,1-2H3,(H,35,40)(H,38,39). The first kappa shape index (κ1) is 28.4. The molecule has 5 aliphatic carbocycles. The van der Waals surface area contributed by atoms with Crippen molar-refractivity contribution in [3.05, 3.63) is 81.2 Å². The van der Waals surface area contributed by atoms with Gasteiger partial charge in [-0.15, -0.1) is 0 Å². The van der Waals surface area contributed by atoms with Gasteiger partial charge in [-0.05, 0) is 93.0 Å². The predicted octanol–water partition coefficient (Wildman–Crippen LogP) is 5.17. The van der Waals surface area contributed by atoms with Crippen LogP contribution in [-0.4, -0.2) is 51.6 Å².